The third-order valence-corrected chi connectivity index (χ3v) is 5.34. The standard InChI is InChI=1S/C19H16BrN3O3/c20-13-8-4-9-14-16(13)18(24)23(12-6-2-1-3-7-12)17(21-14)15-10-5-11-22(15)19(25)26/h1-4,6-9,15H,5,10-11H2,(H,25,26). The highest BCUT2D eigenvalue weighted by atomic mass is 79.9. The number of fused-ring (bicyclic) bond motifs is 1. The second-order valence-corrected chi connectivity index (χ2v) is 7.07. The Labute approximate surface area is 157 Å². The van der Waals surface area contributed by atoms with Gasteiger partial charge in [-0.1, -0.05) is 24.3 Å². The van der Waals surface area contributed by atoms with E-state index in [-0.39, 0.29) is 5.56 Å². The summed E-state index contributed by atoms with van der Waals surface area (Å²) in [6, 6.07) is 14.2. The van der Waals surface area contributed by atoms with Crippen LogP contribution in [0.3, 0.4) is 0 Å². The van der Waals surface area contributed by atoms with Crippen LogP contribution in [0.4, 0.5) is 4.79 Å². The van der Waals surface area contributed by atoms with Crippen LogP contribution in [0.15, 0.2) is 57.8 Å². The SMILES string of the molecule is O=C(O)N1CCCC1c1nc2cccc(Br)c2c(=O)n1-c1ccccc1. The Morgan fingerprint density at radius 3 is 2.65 bits per heavy atom. The number of carboxylic acid groups (broad SMARTS) is 1. The van der Waals surface area contributed by atoms with Gasteiger partial charge in [0.25, 0.3) is 5.56 Å². The Hall–Kier alpha value is -2.67. The molecule has 0 spiro atoms. The number of likely N-dealkylation sites (tertiary alicyclic amines) is 1. The Kier molecular flexibility index (Phi) is 4.24. The number of carbonyl (C=O) groups is 1. The maximum Gasteiger partial charge on any atom is 0.407 e. The van der Waals surface area contributed by atoms with Crippen molar-refractivity contribution in [3.63, 3.8) is 0 Å². The predicted molar refractivity (Wildman–Crippen MR) is 102 cm³/mol. The van der Waals surface area contributed by atoms with Crippen LogP contribution in [0.25, 0.3) is 16.6 Å². The minimum Gasteiger partial charge on any atom is -0.465 e. The van der Waals surface area contributed by atoms with Crippen molar-refractivity contribution in [1.29, 1.82) is 0 Å². The van der Waals surface area contributed by atoms with Crippen molar-refractivity contribution in [1.82, 2.24) is 14.5 Å². The fraction of sp³-hybridized carbons (Fsp3) is 0.211. The summed E-state index contributed by atoms with van der Waals surface area (Å²) in [5.41, 5.74) is 1.03. The Balaban J connectivity index is 2.05. The molecule has 4 rings (SSSR count). The zero-order valence-electron chi connectivity index (χ0n) is 13.8. The van der Waals surface area contributed by atoms with E-state index >= 15 is 0 Å². The molecular weight excluding hydrogens is 398 g/mol. The fourth-order valence-corrected chi connectivity index (χ4v) is 4.05. The van der Waals surface area contributed by atoms with Crippen LogP contribution in [0.1, 0.15) is 24.7 Å². The molecular formula is C19H16BrN3O3. The normalized spacial score (nSPS) is 17.0. The van der Waals surface area contributed by atoms with Crippen LogP contribution in [-0.2, 0) is 0 Å². The third-order valence-electron chi connectivity index (χ3n) is 4.68. The molecule has 0 radical (unpaired) electrons. The number of amides is 1. The van der Waals surface area contributed by atoms with Crippen LogP contribution in [0, 0.1) is 0 Å². The van der Waals surface area contributed by atoms with Crippen LogP contribution in [-0.4, -0.2) is 32.2 Å². The molecule has 0 aliphatic carbocycles. The molecule has 0 bridgehead atoms. The van der Waals surface area contributed by atoms with Crippen molar-refractivity contribution in [3.05, 3.63) is 69.2 Å². The molecule has 26 heavy (non-hydrogen) atoms. The molecule has 2 heterocycles. The second kappa shape index (κ2) is 6.57. The number of para-hydroxylation sites is 1. The van der Waals surface area contributed by atoms with Crippen LogP contribution < -0.4 is 5.56 Å². The molecule has 1 saturated heterocycles. The smallest absolute Gasteiger partial charge is 0.407 e. The second-order valence-electron chi connectivity index (χ2n) is 6.21. The van der Waals surface area contributed by atoms with Gasteiger partial charge in [-0.25, -0.2) is 9.78 Å². The molecule has 7 heteroatoms. The molecule has 0 saturated carbocycles. The van der Waals surface area contributed by atoms with Gasteiger partial charge in [0.1, 0.15) is 5.82 Å². The molecule has 2 aromatic carbocycles. The lowest BCUT2D eigenvalue weighted by Crippen LogP contribution is -2.34. The molecule has 132 valence electrons. The number of nitrogens with zero attached hydrogens (tertiary/aromatic N) is 3. The Morgan fingerprint density at radius 2 is 1.92 bits per heavy atom. The van der Waals surface area contributed by atoms with Crippen molar-refractivity contribution in [2.45, 2.75) is 18.9 Å². The highest BCUT2D eigenvalue weighted by molar-refractivity contribution is 9.10. The zero-order valence-corrected chi connectivity index (χ0v) is 15.4. The first-order valence-electron chi connectivity index (χ1n) is 8.34. The van der Waals surface area contributed by atoms with Gasteiger partial charge in [0.2, 0.25) is 0 Å². The number of benzene rings is 2. The van der Waals surface area contributed by atoms with Crippen LogP contribution >= 0.6 is 15.9 Å². The average molecular weight is 414 g/mol. The van der Waals surface area contributed by atoms with Crippen molar-refractivity contribution >= 4 is 32.9 Å². The Bertz CT molecular complexity index is 1050. The van der Waals surface area contributed by atoms with Crippen molar-refractivity contribution in [2.24, 2.45) is 0 Å². The average Bonchev–Trinajstić information content (AvgIpc) is 3.12. The lowest BCUT2D eigenvalue weighted by atomic mass is 10.1. The molecule has 1 fully saturated rings. The summed E-state index contributed by atoms with van der Waals surface area (Å²) in [5.74, 6) is 0.465. The molecule has 1 amide bonds. The zero-order chi connectivity index (χ0) is 18.3. The van der Waals surface area contributed by atoms with Gasteiger partial charge in [-0.2, -0.15) is 0 Å². The minimum absolute atomic E-state index is 0.207. The first kappa shape index (κ1) is 16.8. The molecule has 1 aliphatic rings. The summed E-state index contributed by atoms with van der Waals surface area (Å²) in [5, 5.41) is 10.0. The number of hydrogen-bond acceptors (Lipinski definition) is 3. The van der Waals surface area contributed by atoms with Gasteiger partial charge < -0.3 is 5.11 Å². The number of rotatable bonds is 2. The molecule has 1 aliphatic heterocycles. The van der Waals surface area contributed by atoms with Gasteiger partial charge in [0, 0.05) is 11.0 Å². The maximum atomic E-state index is 13.3. The van der Waals surface area contributed by atoms with Crippen LogP contribution in [0.5, 0.6) is 0 Å². The van der Waals surface area contributed by atoms with Gasteiger partial charge in [0.15, 0.2) is 0 Å². The minimum atomic E-state index is -0.990. The molecule has 3 aromatic rings. The van der Waals surface area contributed by atoms with E-state index in [2.05, 4.69) is 15.9 Å². The Morgan fingerprint density at radius 1 is 1.15 bits per heavy atom. The number of halogens is 1. The summed E-state index contributed by atoms with van der Waals surface area (Å²) in [6.45, 7) is 0.446. The van der Waals surface area contributed by atoms with E-state index in [1.165, 1.54) is 4.90 Å². The molecule has 6 nitrogen and oxygen atoms in total. The molecule has 1 unspecified atom stereocenters. The molecule has 1 N–H and O–H groups in total. The monoisotopic (exact) mass is 413 g/mol. The highest BCUT2D eigenvalue weighted by Gasteiger charge is 2.34. The predicted octanol–water partition coefficient (Wildman–Crippen LogP) is 3.96. The van der Waals surface area contributed by atoms with E-state index in [1.54, 1.807) is 16.7 Å². The fourth-order valence-electron chi connectivity index (χ4n) is 3.52. The molecule has 1 atom stereocenters. The summed E-state index contributed by atoms with van der Waals surface area (Å²) in [4.78, 5) is 31.1. The van der Waals surface area contributed by atoms with Crippen molar-refractivity contribution < 1.29 is 9.90 Å². The van der Waals surface area contributed by atoms with E-state index in [0.29, 0.717) is 39.9 Å². The lowest BCUT2D eigenvalue weighted by Gasteiger charge is -2.24. The van der Waals surface area contributed by atoms with E-state index < -0.39 is 12.1 Å². The largest absolute Gasteiger partial charge is 0.465 e. The topological polar surface area (TPSA) is 75.4 Å². The molecule has 1 aromatic heterocycles. The maximum absolute atomic E-state index is 13.3. The lowest BCUT2D eigenvalue weighted by molar-refractivity contribution is 0.138. The summed E-state index contributed by atoms with van der Waals surface area (Å²) in [7, 11) is 0. The third kappa shape index (κ3) is 2.68. The van der Waals surface area contributed by atoms with E-state index in [9.17, 15) is 14.7 Å². The summed E-state index contributed by atoms with van der Waals surface area (Å²) < 4.78 is 2.21. The first-order valence-corrected chi connectivity index (χ1v) is 9.13. The van der Waals surface area contributed by atoms with E-state index in [1.807, 2.05) is 36.4 Å². The van der Waals surface area contributed by atoms with E-state index in [0.717, 1.165) is 6.42 Å². The van der Waals surface area contributed by atoms with Crippen molar-refractivity contribution in [3.8, 4) is 5.69 Å². The summed E-state index contributed by atoms with van der Waals surface area (Å²) in [6.07, 6.45) is 0.402. The highest BCUT2D eigenvalue weighted by Crippen LogP contribution is 2.32. The van der Waals surface area contributed by atoms with Gasteiger partial charge in [0.05, 0.1) is 22.6 Å². The van der Waals surface area contributed by atoms with Gasteiger partial charge in [-0.05, 0) is 53.0 Å². The van der Waals surface area contributed by atoms with E-state index in [4.69, 9.17) is 4.98 Å². The van der Waals surface area contributed by atoms with Crippen molar-refractivity contribution in [2.75, 3.05) is 6.54 Å². The number of hydrogen-bond donors (Lipinski definition) is 1. The van der Waals surface area contributed by atoms with Gasteiger partial charge in [-0.3, -0.25) is 14.3 Å². The quantitative estimate of drug-likeness (QED) is 0.689. The number of aromatic nitrogens is 2. The van der Waals surface area contributed by atoms with Crippen LogP contribution in [0.2, 0.25) is 0 Å². The van der Waals surface area contributed by atoms with Gasteiger partial charge in [-0.15, -0.1) is 0 Å². The van der Waals surface area contributed by atoms with Gasteiger partial charge >= 0.3 is 6.09 Å². The summed E-state index contributed by atoms with van der Waals surface area (Å²) >= 11 is 3.44. The first-order chi connectivity index (χ1) is 12.6.